The zero-order valence-corrected chi connectivity index (χ0v) is 13.0. The summed E-state index contributed by atoms with van der Waals surface area (Å²) in [4.78, 5) is 2.43. The van der Waals surface area contributed by atoms with Crippen molar-refractivity contribution in [3.8, 4) is 0 Å². The molecule has 1 aliphatic carbocycles. The zero-order valence-electron chi connectivity index (χ0n) is 13.0. The number of rotatable bonds is 6. The molecule has 0 heterocycles. The summed E-state index contributed by atoms with van der Waals surface area (Å²) in [5, 5.41) is 0. The van der Waals surface area contributed by atoms with E-state index in [0.29, 0.717) is 6.04 Å². The van der Waals surface area contributed by atoms with E-state index in [-0.39, 0.29) is 5.54 Å². The van der Waals surface area contributed by atoms with Crippen molar-refractivity contribution in [3.63, 3.8) is 0 Å². The predicted molar refractivity (Wildman–Crippen MR) is 79.2 cm³/mol. The van der Waals surface area contributed by atoms with E-state index in [1.807, 2.05) is 0 Å². The molecule has 0 radical (unpaired) electrons. The van der Waals surface area contributed by atoms with Gasteiger partial charge in [0.1, 0.15) is 0 Å². The van der Waals surface area contributed by atoms with Crippen LogP contribution < -0.4 is 11.3 Å². The Balaban J connectivity index is 2.86. The number of nitrogens with zero attached hydrogens (tertiary/aromatic N) is 1. The highest BCUT2D eigenvalue weighted by Gasteiger charge is 2.43. The van der Waals surface area contributed by atoms with E-state index >= 15 is 0 Å². The summed E-state index contributed by atoms with van der Waals surface area (Å²) in [6, 6.07) is 0.408. The maximum absolute atomic E-state index is 5.90. The standard InChI is InChI=1S/C15H33N3/c1-6-12(2)10-14(17-16)15(18(4)5)9-7-8-13(3)11-15/h12-14,17H,6-11,16H2,1-5H3. The van der Waals surface area contributed by atoms with Crippen molar-refractivity contribution in [2.75, 3.05) is 14.1 Å². The maximum atomic E-state index is 5.90. The normalized spacial score (nSPS) is 32.5. The van der Waals surface area contributed by atoms with Gasteiger partial charge in [0.25, 0.3) is 0 Å². The lowest BCUT2D eigenvalue weighted by Crippen LogP contribution is -2.62. The molecular formula is C15H33N3. The molecule has 0 aliphatic heterocycles. The van der Waals surface area contributed by atoms with Gasteiger partial charge in [0.2, 0.25) is 0 Å². The van der Waals surface area contributed by atoms with Crippen LogP contribution in [0.5, 0.6) is 0 Å². The van der Waals surface area contributed by atoms with Crippen molar-refractivity contribution in [3.05, 3.63) is 0 Å². The maximum Gasteiger partial charge on any atom is 0.0397 e. The van der Waals surface area contributed by atoms with Crippen LogP contribution in [-0.2, 0) is 0 Å². The lowest BCUT2D eigenvalue weighted by atomic mass is 9.69. The first-order valence-corrected chi connectivity index (χ1v) is 7.59. The summed E-state index contributed by atoms with van der Waals surface area (Å²) >= 11 is 0. The van der Waals surface area contributed by atoms with Crippen LogP contribution in [-0.4, -0.2) is 30.6 Å². The number of hydrogen-bond donors (Lipinski definition) is 2. The summed E-state index contributed by atoms with van der Waals surface area (Å²) in [6.45, 7) is 6.98. The van der Waals surface area contributed by atoms with Crippen LogP contribution >= 0.6 is 0 Å². The second-order valence-corrected chi connectivity index (χ2v) is 6.67. The summed E-state index contributed by atoms with van der Waals surface area (Å²) in [6.07, 6.45) is 7.66. The SMILES string of the molecule is CCC(C)CC(NN)C1(N(C)C)CCCC(C)C1. The highest BCUT2D eigenvalue weighted by atomic mass is 15.3. The average molecular weight is 255 g/mol. The van der Waals surface area contributed by atoms with Crippen molar-refractivity contribution >= 4 is 0 Å². The van der Waals surface area contributed by atoms with Crippen LogP contribution in [0.25, 0.3) is 0 Å². The minimum absolute atomic E-state index is 0.246. The zero-order chi connectivity index (χ0) is 13.8. The van der Waals surface area contributed by atoms with Gasteiger partial charge in [-0.15, -0.1) is 0 Å². The van der Waals surface area contributed by atoms with Gasteiger partial charge >= 0.3 is 0 Å². The third kappa shape index (κ3) is 3.46. The molecule has 3 nitrogen and oxygen atoms in total. The third-order valence-corrected chi connectivity index (χ3v) is 5.08. The Labute approximate surface area is 113 Å². The molecule has 1 aliphatic rings. The van der Waals surface area contributed by atoms with Crippen molar-refractivity contribution in [2.24, 2.45) is 17.7 Å². The van der Waals surface area contributed by atoms with Crippen molar-refractivity contribution in [1.29, 1.82) is 0 Å². The molecule has 108 valence electrons. The van der Waals surface area contributed by atoms with Gasteiger partial charge in [-0.2, -0.15) is 0 Å². The van der Waals surface area contributed by atoms with Crippen LogP contribution in [0.3, 0.4) is 0 Å². The van der Waals surface area contributed by atoms with Crippen molar-refractivity contribution < 1.29 is 0 Å². The van der Waals surface area contributed by atoms with Gasteiger partial charge in [0, 0.05) is 11.6 Å². The van der Waals surface area contributed by atoms with Crippen LogP contribution in [0.4, 0.5) is 0 Å². The smallest absolute Gasteiger partial charge is 0.0397 e. The van der Waals surface area contributed by atoms with Crippen LogP contribution in [0.2, 0.25) is 0 Å². The summed E-state index contributed by atoms with van der Waals surface area (Å²) in [5.74, 6) is 7.45. The molecule has 1 rings (SSSR count). The minimum Gasteiger partial charge on any atom is -0.302 e. The second kappa shape index (κ2) is 6.88. The van der Waals surface area contributed by atoms with Gasteiger partial charge in [0.15, 0.2) is 0 Å². The Morgan fingerprint density at radius 2 is 2.11 bits per heavy atom. The van der Waals surface area contributed by atoms with Crippen LogP contribution in [0.1, 0.15) is 59.3 Å². The number of nitrogens with two attached hydrogens (primary N) is 1. The van der Waals surface area contributed by atoms with E-state index in [2.05, 4.69) is 45.2 Å². The fourth-order valence-electron chi connectivity index (χ4n) is 3.61. The van der Waals surface area contributed by atoms with E-state index in [1.54, 1.807) is 0 Å². The van der Waals surface area contributed by atoms with Crippen molar-refractivity contribution in [1.82, 2.24) is 10.3 Å². The molecule has 3 N–H and O–H groups in total. The molecule has 4 unspecified atom stereocenters. The third-order valence-electron chi connectivity index (χ3n) is 5.08. The minimum atomic E-state index is 0.246. The molecule has 0 aromatic rings. The van der Waals surface area contributed by atoms with Crippen LogP contribution in [0, 0.1) is 11.8 Å². The lowest BCUT2D eigenvalue weighted by Gasteiger charge is -2.50. The monoisotopic (exact) mass is 255 g/mol. The van der Waals surface area contributed by atoms with Gasteiger partial charge in [-0.3, -0.25) is 11.3 Å². The van der Waals surface area contributed by atoms with Crippen LogP contribution in [0.15, 0.2) is 0 Å². The predicted octanol–water partition coefficient (Wildman–Crippen LogP) is 2.77. The Kier molecular flexibility index (Phi) is 6.09. The Hall–Kier alpha value is -0.120. The molecule has 1 fully saturated rings. The van der Waals surface area contributed by atoms with E-state index in [4.69, 9.17) is 5.84 Å². The number of hydrazine groups is 1. The van der Waals surface area contributed by atoms with Gasteiger partial charge in [-0.25, -0.2) is 0 Å². The summed E-state index contributed by atoms with van der Waals surface area (Å²) < 4.78 is 0. The lowest BCUT2D eigenvalue weighted by molar-refractivity contribution is 0.0291. The number of hydrogen-bond acceptors (Lipinski definition) is 3. The fourth-order valence-corrected chi connectivity index (χ4v) is 3.61. The highest BCUT2D eigenvalue weighted by molar-refractivity contribution is 5.01. The first kappa shape index (κ1) is 15.9. The molecular weight excluding hydrogens is 222 g/mol. The topological polar surface area (TPSA) is 41.3 Å². The molecule has 0 aromatic carbocycles. The van der Waals surface area contributed by atoms with Gasteiger partial charge in [-0.05, 0) is 45.2 Å². The molecule has 18 heavy (non-hydrogen) atoms. The molecule has 1 saturated carbocycles. The van der Waals surface area contributed by atoms with Gasteiger partial charge in [-0.1, -0.05) is 40.0 Å². The molecule has 3 heteroatoms. The molecule has 0 amide bonds. The Morgan fingerprint density at radius 3 is 2.56 bits per heavy atom. The first-order valence-electron chi connectivity index (χ1n) is 7.59. The molecule has 0 bridgehead atoms. The fraction of sp³-hybridized carbons (Fsp3) is 1.00. The molecule has 4 atom stereocenters. The summed E-state index contributed by atoms with van der Waals surface area (Å²) in [5.41, 5.74) is 3.38. The average Bonchev–Trinajstić information content (AvgIpc) is 2.35. The molecule has 0 spiro atoms. The van der Waals surface area contributed by atoms with E-state index < -0.39 is 0 Å². The Bertz CT molecular complexity index is 242. The molecule has 0 saturated heterocycles. The Morgan fingerprint density at radius 1 is 1.44 bits per heavy atom. The largest absolute Gasteiger partial charge is 0.302 e. The van der Waals surface area contributed by atoms with E-state index in [1.165, 1.54) is 38.5 Å². The van der Waals surface area contributed by atoms with E-state index in [9.17, 15) is 0 Å². The quantitative estimate of drug-likeness (QED) is 0.566. The molecule has 0 aromatic heterocycles. The summed E-state index contributed by atoms with van der Waals surface area (Å²) in [7, 11) is 4.44. The first-order chi connectivity index (χ1) is 8.46. The van der Waals surface area contributed by atoms with Gasteiger partial charge < -0.3 is 4.90 Å². The number of nitrogens with one attached hydrogen (secondary N) is 1. The van der Waals surface area contributed by atoms with E-state index in [0.717, 1.165) is 11.8 Å². The van der Waals surface area contributed by atoms with Crippen molar-refractivity contribution in [2.45, 2.75) is 70.9 Å². The highest BCUT2D eigenvalue weighted by Crippen LogP contribution is 2.39. The number of likely N-dealkylation sites (N-methyl/N-ethyl adjacent to an activating group) is 1. The van der Waals surface area contributed by atoms with Gasteiger partial charge in [0.05, 0.1) is 0 Å². The second-order valence-electron chi connectivity index (χ2n) is 6.67.